The molecule has 0 radical (unpaired) electrons. The van der Waals surface area contributed by atoms with Crippen molar-refractivity contribution in [1.29, 1.82) is 0 Å². The molecule has 2 aromatic rings. The van der Waals surface area contributed by atoms with Gasteiger partial charge in [-0.05, 0) is 35.7 Å². The maximum atomic E-state index is 13.6. The topological polar surface area (TPSA) is 29.5 Å². The minimum atomic E-state index is -3.31. The van der Waals surface area contributed by atoms with Crippen LogP contribution < -0.4 is 4.74 Å². The molecule has 3 rings (SSSR count). The Labute approximate surface area is 148 Å². The average Bonchev–Trinajstić information content (AvgIpc) is 3.07. The Bertz CT molecular complexity index is 800. The van der Waals surface area contributed by atoms with Crippen molar-refractivity contribution >= 4 is 23.3 Å². The van der Waals surface area contributed by atoms with E-state index in [9.17, 15) is 13.6 Å². The van der Waals surface area contributed by atoms with Crippen LogP contribution >= 0.6 is 11.3 Å². The summed E-state index contributed by atoms with van der Waals surface area (Å²) >= 11 is 1.60. The Kier molecular flexibility index (Phi) is 4.99. The summed E-state index contributed by atoms with van der Waals surface area (Å²) in [7, 11) is 0. The van der Waals surface area contributed by atoms with Gasteiger partial charge in [-0.3, -0.25) is 4.79 Å². The summed E-state index contributed by atoms with van der Waals surface area (Å²) in [6, 6.07) is 9.81. The van der Waals surface area contributed by atoms with Crippen molar-refractivity contribution in [2.24, 2.45) is 0 Å². The predicted octanol–water partition coefficient (Wildman–Crippen LogP) is 5.18. The summed E-state index contributed by atoms with van der Waals surface area (Å²) in [4.78, 5) is 15.3. The first-order chi connectivity index (χ1) is 12.0. The molecule has 1 aliphatic heterocycles. The van der Waals surface area contributed by atoms with Crippen LogP contribution in [0.15, 0.2) is 60.1 Å². The van der Waals surface area contributed by atoms with Crippen molar-refractivity contribution in [2.45, 2.75) is 25.5 Å². The molecule has 1 aromatic heterocycles. The van der Waals surface area contributed by atoms with Crippen LogP contribution in [0.1, 0.15) is 28.6 Å². The Morgan fingerprint density at radius 2 is 2.12 bits per heavy atom. The van der Waals surface area contributed by atoms with Crippen LogP contribution in [-0.4, -0.2) is 23.0 Å². The fourth-order valence-corrected chi connectivity index (χ4v) is 2.94. The number of rotatable bonds is 6. The van der Waals surface area contributed by atoms with Gasteiger partial charge in [0, 0.05) is 17.5 Å². The summed E-state index contributed by atoms with van der Waals surface area (Å²) in [6.07, 6.45) is 3.57. The zero-order valence-electron chi connectivity index (χ0n) is 13.6. The maximum absolute atomic E-state index is 13.6. The standard InChI is InChI=1S/C19H17F2NO2S/c1-2-19(20,21)24-17-8-4-3-7-16(17)18(23)22-12-11-14(22)9-10-15-6-5-13-25-15/h3-14H,2H2,1H3. The number of nitrogens with zero attached hydrogens (tertiary/aromatic N) is 1. The molecule has 1 unspecified atom stereocenters. The molecule has 0 aliphatic carbocycles. The lowest BCUT2D eigenvalue weighted by Crippen LogP contribution is -2.40. The maximum Gasteiger partial charge on any atom is 0.397 e. The van der Waals surface area contributed by atoms with E-state index in [1.165, 1.54) is 24.0 Å². The molecule has 1 aromatic carbocycles. The molecule has 0 N–H and O–H groups in total. The minimum absolute atomic E-state index is 0.111. The molecule has 2 heterocycles. The van der Waals surface area contributed by atoms with Crippen molar-refractivity contribution in [3.05, 3.63) is 70.6 Å². The van der Waals surface area contributed by atoms with E-state index in [1.54, 1.807) is 29.7 Å². The van der Waals surface area contributed by atoms with Gasteiger partial charge in [-0.25, -0.2) is 0 Å². The number of thiophene rings is 1. The lowest BCUT2D eigenvalue weighted by molar-refractivity contribution is -0.177. The van der Waals surface area contributed by atoms with Gasteiger partial charge < -0.3 is 9.64 Å². The van der Waals surface area contributed by atoms with Crippen molar-refractivity contribution in [2.75, 3.05) is 0 Å². The largest absolute Gasteiger partial charge is 0.432 e. The highest BCUT2D eigenvalue weighted by Crippen LogP contribution is 2.30. The van der Waals surface area contributed by atoms with Crippen LogP contribution in [0.4, 0.5) is 8.78 Å². The molecular formula is C19H17F2NO2S. The smallest absolute Gasteiger partial charge is 0.397 e. The average molecular weight is 361 g/mol. The third kappa shape index (κ3) is 3.96. The lowest BCUT2D eigenvalue weighted by atomic mass is 10.1. The van der Waals surface area contributed by atoms with E-state index in [1.807, 2.05) is 35.7 Å². The van der Waals surface area contributed by atoms with Gasteiger partial charge >= 0.3 is 6.11 Å². The van der Waals surface area contributed by atoms with E-state index in [-0.39, 0.29) is 23.3 Å². The third-order valence-corrected chi connectivity index (χ3v) is 4.63. The van der Waals surface area contributed by atoms with Gasteiger partial charge in [-0.1, -0.05) is 31.2 Å². The second kappa shape index (κ2) is 7.19. The molecule has 1 atom stereocenters. The lowest BCUT2D eigenvalue weighted by Gasteiger charge is -2.32. The van der Waals surface area contributed by atoms with Crippen LogP contribution in [-0.2, 0) is 0 Å². The number of hydrogen-bond donors (Lipinski definition) is 0. The number of para-hydroxylation sites is 1. The van der Waals surface area contributed by atoms with E-state index in [0.29, 0.717) is 0 Å². The highest BCUT2D eigenvalue weighted by molar-refractivity contribution is 7.10. The van der Waals surface area contributed by atoms with Gasteiger partial charge in [0.25, 0.3) is 5.91 Å². The Morgan fingerprint density at radius 1 is 1.32 bits per heavy atom. The van der Waals surface area contributed by atoms with Crippen LogP contribution in [0, 0.1) is 0 Å². The molecule has 25 heavy (non-hydrogen) atoms. The van der Waals surface area contributed by atoms with Crippen LogP contribution in [0.25, 0.3) is 6.08 Å². The van der Waals surface area contributed by atoms with Crippen molar-refractivity contribution in [3.63, 3.8) is 0 Å². The highest BCUT2D eigenvalue weighted by Gasteiger charge is 2.32. The number of carbonyl (C=O) groups excluding carboxylic acids is 1. The number of benzene rings is 1. The summed E-state index contributed by atoms with van der Waals surface area (Å²) in [6.45, 7) is 1.33. The number of carbonyl (C=O) groups is 1. The number of alkyl halides is 2. The van der Waals surface area contributed by atoms with Gasteiger partial charge in [-0.15, -0.1) is 11.3 Å². The number of hydrogen-bond acceptors (Lipinski definition) is 3. The van der Waals surface area contributed by atoms with E-state index >= 15 is 0 Å². The van der Waals surface area contributed by atoms with Gasteiger partial charge in [0.1, 0.15) is 5.75 Å². The summed E-state index contributed by atoms with van der Waals surface area (Å²) < 4.78 is 31.9. The molecule has 0 saturated heterocycles. The summed E-state index contributed by atoms with van der Waals surface area (Å²) in [5.41, 5.74) is 0.120. The first kappa shape index (κ1) is 17.4. The number of amides is 1. The second-order valence-corrected chi connectivity index (χ2v) is 6.49. The third-order valence-electron chi connectivity index (χ3n) is 3.79. The quantitative estimate of drug-likeness (QED) is 0.709. The molecule has 0 saturated carbocycles. The molecule has 0 bridgehead atoms. The zero-order chi connectivity index (χ0) is 17.9. The van der Waals surface area contributed by atoms with Crippen molar-refractivity contribution in [3.8, 4) is 5.75 Å². The first-order valence-corrected chi connectivity index (χ1v) is 8.77. The van der Waals surface area contributed by atoms with Gasteiger partial charge in [0.2, 0.25) is 0 Å². The van der Waals surface area contributed by atoms with E-state index in [2.05, 4.69) is 0 Å². The number of halogens is 2. The van der Waals surface area contributed by atoms with E-state index in [4.69, 9.17) is 4.74 Å². The summed E-state index contributed by atoms with van der Waals surface area (Å²) in [5.74, 6) is -0.480. The molecule has 0 fully saturated rings. The zero-order valence-corrected chi connectivity index (χ0v) is 14.4. The minimum Gasteiger partial charge on any atom is -0.432 e. The number of ether oxygens (including phenoxy) is 1. The second-order valence-electron chi connectivity index (χ2n) is 5.51. The monoisotopic (exact) mass is 361 g/mol. The normalized spacial score (nSPS) is 16.9. The summed E-state index contributed by atoms with van der Waals surface area (Å²) in [5, 5.41) is 1.97. The SMILES string of the molecule is CCC(F)(F)Oc1ccccc1C(=O)N1C=CC1C=Cc1cccs1. The molecule has 3 nitrogen and oxygen atoms in total. The Balaban J connectivity index is 1.76. The van der Waals surface area contributed by atoms with Crippen LogP contribution in [0.3, 0.4) is 0 Å². The molecule has 0 spiro atoms. The molecule has 1 amide bonds. The highest BCUT2D eigenvalue weighted by atomic mass is 32.1. The molecule has 6 heteroatoms. The molecule has 1 aliphatic rings. The molecular weight excluding hydrogens is 344 g/mol. The van der Waals surface area contributed by atoms with Crippen molar-refractivity contribution in [1.82, 2.24) is 4.90 Å². The van der Waals surface area contributed by atoms with E-state index in [0.717, 1.165) is 4.88 Å². The Hall–Kier alpha value is -2.47. The van der Waals surface area contributed by atoms with Gasteiger partial charge in [0.05, 0.1) is 11.6 Å². The fraction of sp³-hybridized carbons (Fsp3) is 0.211. The molecule has 130 valence electrons. The fourth-order valence-electron chi connectivity index (χ4n) is 2.32. The first-order valence-electron chi connectivity index (χ1n) is 7.89. The van der Waals surface area contributed by atoms with Crippen molar-refractivity contribution < 1.29 is 18.3 Å². The van der Waals surface area contributed by atoms with E-state index < -0.39 is 12.5 Å². The Morgan fingerprint density at radius 3 is 2.76 bits per heavy atom. The predicted molar refractivity (Wildman–Crippen MR) is 94.8 cm³/mol. The van der Waals surface area contributed by atoms with Gasteiger partial charge in [0.15, 0.2) is 0 Å². The van der Waals surface area contributed by atoms with Crippen LogP contribution in [0.5, 0.6) is 5.75 Å². The van der Waals surface area contributed by atoms with Crippen LogP contribution in [0.2, 0.25) is 0 Å². The van der Waals surface area contributed by atoms with Gasteiger partial charge in [-0.2, -0.15) is 8.78 Å².